The van der Waals surface area contributed by atoms with Gasteiger partial charge in [0.05, 0.1) is 0 Å². The first-order valence-corrected chi connectivity index (χ1v) is 10.1. The van der Waals surface area contributed by atoms with E-state index in [2.05, 4.69) is 0 Å². The monoisotopic (exact) mass is 418 g/mol. The molecule has 2 aromatic rings. The molecule has 0 saturated heterocycles. The third-order valence-electron chi connectivity index (χ3n) is 5.57. The van der Waals surface area contributed by atoms with E-state index < -0.39 is 11.5 Å². The molecule has 2 unspecified atom stereocenters. The Kier molecular flexibility index (Phi) is 7.80. The van der Waals surface area contributed by atoms with Gasteiger partial charge in [0, 0.05) is 24.0 Å². The summed E-state index contributed by atoms with van der Waals surface area (Å²) < 4.78 is 0. The topological polar surface area (TPSA) is 138 Å². The summed E-state index contributed by atoms with van der Waals surface area (Å²) in [5.41, 5.74) is 1.06. The molecule has 0 aromatic heterocycles. The first-order chi connectivity index (χ1) is 14.1. The number of phenols is 6. The molecule has 0 fully saturated rings. The maximum Gasteiger partial charge on any atom is 0.200 e. The molecule has 6 N–H and O–H groups in total. The van der Waals surface area contributed by atoms with E-state index in [1.807, 2.05) is 13.8 Å². The van der Waals surface area contributed by atoms with Crippen molar-refractivity contribution in [1.82, 2.24) is 0 Å². The number of hydrogen-bond donors (Lipinski definition) is 6. The second-order valence-electron chi connectivity index (χ2n) is 7.87. The molecule has 7 heteroatoms. The van der Waals surface area contributed by atoms with Crippen molar-refractivity contribution in [1.29, 1.82) is 0 Å². The Hall–Kier alpha value is -3.09. The van der Waals surface area contributed by atoms with Crippen LogP contribution in [-0.2, 0) is 4.79 Å². The highest BCUT2D eigenvalue weighted by atomic mass is 16.3. The Morgan fingerprint density at radius 2 is 1.03 bits per heavy atom. The molecule has 0 aliphatic rings. The van der Waals surface area contributed by atoms with Gasteiger partial charge in [0.2, 0.25) is 11.5 Å². The molecule has 2 aromatic carbocycles. The Morgan fingerprint density at radius 1 is 0.667 bits per heavy atom. The van der Waals surface area contributed by atoms with Gasteiger partial charge in [0.15, 0.2) is 23.0 Å². The van der Waals surface area contributed by atoms with Gasteiger partial charge in [0.1, 0.15) is 5.78 Å². The van der Waals surface area contributed by atoms with Crippen LogP contribution in [-0.4, -0.2) is 36.4 Å². The van der Waals surface area contributed by atoms with Crippen molar-refractivity contribution in [3.05, 3.63) is 35.4 Å². The maximum atomic E-state index is 12.2. The average Bonchev–Trinajstić information content (AvgIpc) is 2.70. The number of aromatic hydroxyl groups is 6. The molecular weight excluding hydrogens is 388 g/mol. The summed E-state index contributed by atoms with van der Waals surface area (Å²) in [7, 11) is 0. The lowest BCUT2D eigenvalue weighted by Crippen LogP contribution is -2.02. The van der Waals surface area contributed by atoms with Crippen molar-refractivity contribution in [2.24, 2.45) is 0 Å². The van der Waals surface area contributed by atoms with Crippen molar-refractivity contribution < 1.29 is 35.4 Å². The molecule has 0 spiro atoms. The standard InChI is InChI=1S/C23H30O7/c1-13(16-9-11-18(25)22(29)20(16)27)5-3-7-15(24)8-4-6-14(2)17-10-12-19(26)23(30)21(17)28/h9-14,25-30H,3-8H2,1-2H3. The van der Waals surface area contributed by atoms with E-state index in [1.165, 1.54) is 12.1 Å². The van der Waals surface area contributed by atoms with Crippen LogP contribution in [0.25, 0.3) is 0 Å². The SMILES string of the molecule is CC(CCCC(=O)CCCC(C)c1ccc(O)c(O)c1O)c1ccc(O)c(O)c1O. The molecule has 0 radical (unpaired) electrons. The molecule has 0 aliphatic carbocycles. The van der Waals surface area contributed by atoms with Crippen molar-refractivity contribution >= 4 is 5.78 Å². The lowest BCUT2D eigenvalue weighted by Gasteiger charge is -2.15. The van der Waals surface area contributed by atoms with Gasteiger partial charge in [-0.15, -0.1) is 0 Å². The van der Waals surface area contributed by atoms with Gasteiger partial charge in [-0.05, 0) is 49.7 Å². The number of phenolic OH excluding ortho intramolecular Hbond substituents is 6. The van der Waals surface area contributed by atoms with Crippen LogP contribution >= 0.6 is 0 Å². The van der Waals surface area contributed by atoms with Gasteiger partial charge in [0.25, 0.3) is 0 Å². The van der Waals surface area contributed by atoms with Gasteiger partial charge in [-0.1, -0.05) is 26.0 Å². The molecule has 164 valence electrons. The summed E-state index contributed by atoms with van der Waals surface area (Å²) >= 11 is 0. The number of rotatable bonds is 10. The number of hydrogen-bond acceptors (Lipinski definition) is 7. The quantitative estimate of drug-likeness (QED) is 0.306. The Morgan fingerprint density at radius 3 is 1.40 bits per heavy atom. The lowest BCUT2D eigenvalue weighted by molar-refractivity contribution is -0.119. The van der Waals surface area contributed by atoms with Crippen molar-refractivity contribution in [2.75, 3.05) is 0 Å². The smallest absolute Gasteiger partial charge is 0.200 e. The molecule has 7 nitrogen and oxygen atoms in total. The van der Waals surface area contributed by atoms with Crippen LogP contribution < -0.4 is 0 Å². The molecular formula is C23H30O7. The van der Waals surface area contributed by atoms with Crippen molar-refractivity contribution in [3.63, 3.8) is 0 Å². The van der Waals surface area contributed by atoms with E-state index >= 15 is 0 Å². The summed E-state index contributed by atoms with van der Waals surface area (Å²) in [5.74, 6) is -2.48. The average molecular weight is 418 g/mol. The van der Waals surface area contributed by atoms with Crippen LogP contribution in [0.4, 0.5) is 0 Å². The second kappa shape index (κ2) is 10.1. The fourth-order valence-corrected chi connectivity index (χ4v) is 3.61. The van der Waals surface area contributed by atoms with E-state index in [0.29, 0.717) is 49.7 Å². The zero-order valence-corrected chi connectivity index (χ0v) is 17.3. The Labute approximate surface area is 175 Å². The minimum absolute atomic E-state index is 0.0746. The van der Waals surface area contributed by atoms with Crippen LogP contribution in [0.1, 0.15) is 75.3 Å². The van der Waals surface area contributed by atoms with Gasteiger partial charge >= 0.3 is 0 Å². The molecule has 0 bridgehead atoms. The summed E-state index contributed by atoms with van der Waals surface area (Å²) in [4.78, 5) is 12.2. The number of carbonyl (C=O) groups excluding carboxylic acids is 1. The number of Topliss-reactive ketones (excluding diaryl/α,β-unsaturated/α-hetero) is 1. The fourth-order valence-electron chi connectivity index (χ4n) is 3.61. The maximum absolute atomic E-state index is 12.2. The molecule has 0 amide bonds. The predicted octanol–water partition coefficient (Wildman–Crippen LogP) is 4.74. The Balaban J connectivity index is 1.75. The minimum atomic E-state index is -0.530. The van der Waals surface area contributed by atoms with E-state index in [9.17, 15) is 35.4 Å². The normalized spacial score (nSPS) is 13.1. The third-order valence-corrected chi connectivity index (χ3v) is 5.57. The number of benzene rings is 2. The van der Waals surface area contributed by atoms with Gasteiger partial charge in [-0.2, -0.15) is 0 Å². The zero-order valence-electron chi connectivity index (χ0n) is 17.3. The summed E-state index contributed by atoms with van der Waals surface area (Å²) in [6.45, 7) is 3.77. The van der Waals surface area contributed by atoms with Crippen LogP contribution in [0.5, 0.6) is 34.5 Å². The lowest BCUT2D eigenvalue weighted by atomic mass is 9.91. The van der Waals surface area contributed by atoms with Crippen LogP contribution in [0, 0.1) is 0 Å². The van der Waals surface area contributed by atoms with Crippen molar-refractivity contribution in [3.8, 4) is 34.5 Å². The van der Waals surface area contributed by atoms with E-state index in [-0.39, 0.29) is 40.6 Å². The Bertz CT molecular complexity index is 820. The minimum Gasteiger partial charge on any atom is -0.504 e. The van der Waals surface area contributed by atoms with E-state index in [1.54, 1.807) is 12.1 Å². The summed E-state index contributed by atoms with van der Waals surface area (Å²) in [6, 6.07) is 5.79. The molecule has 0 heterocycles. The molecule has 0 saturated carbocycles. The van der Waals surface area contributed by atoms with Crippen LogP contribution in [0.15, 0.2) is 24.3 Å². The largest absolute Gasteiger partial charge is 0.504 e. The van der Waals surface area contributed by atoms with Crippen LogP contribution in [0.3, 0.4) is 0 Å². The van der Waals surface area contributed by atoms with Crippen LogP contribution in [0.2, 0.25) is 0 Å². The molecule has 0 aliphatic heterocycles. The number of carbonyl (C=O) groups is 1. The highest BCUT2D eigenvalue weighted by Crippen LogP contribution is 2.42. The van der Waals surface area contributed by atoms with Gasteiger partial charge < -0.3 is 30.6 Å². The third kappa shape index (κ3) is 5.49. The first-order valence-electron chi connectivity index (χ1n) is 10.1. The highest BCUT2D eigenvalue weighted by Gasteiger charge is 2.18. The first kappa shape index (κ1) is 23.2. The molecule has 2 rings (SSSR count). The summed E-state index contributed by atoms with van der Waals surface area (Å²) in [6.07, 6.45) is 3.41. The number of ketones is 1. The molecule has 30 heavy (non-hydrogen) atoms. The van der Waals surface area contributed by atoms with Gasteiger partial charge in [-0.25, -0.2) is 0 Å². The second-order valence-corrected chi connectivity index (χ2v) is 7.87. The summed E-state index contributed by atoms with van der Waals surface area (Å²) in [5, 5.41) is 57.9. The molecule has 2 atom stereocenters. The van der Waals surface area contributed by atoms with E-state index in [0.717, 1.165) is 0 Å². The van der Waals surface area contributed by atoms with E-state index in [4.69, 9.17) is 0 Å². The highest BCUT2D eigenvalue weighted by molar-refractivity contribution is 5.78. The fraction of sp³-hybridized carbons (Fsp3) is 0.435. The van der Waals surface area contributed by atoms with Crippen molar-refractivity contribution in [2.45, 2.75) is 64.2 Å². The zero-order chi connectivity index (χ0) is 22.4. The van der Waals surface area contributed by atoms with Gasteiger partial charge in [-0.3, -0.25) is 4.79 Å². The predicted molar refractivity (Wildman–Crippen MR) is 112 cm³/mol.